The maximum Gasteiger partial charge on any atom is 0.295 e. The minimum Gasteiger partial charge on any atom is -0.507 e. The van der Waals surface area contributed by atoms with Crippen LogP contribution >= 0.6 is 11.6 Å². The molecule has 1 heterocycles. The summed E-state index contributed by atoms with van der Waals surface area (Å²) in [5.41, 5.74) is 2.38. The van der Waals surface area contributed by atoms with Crippen molar-refractivity contribution in [2.24, 2.45) is 0 Å². The summed E-state index contributed by atoms with van der Waals surface area (Å²) in [4.78, 5) is 29.1. The third-order valence-corrected chi connectivity index (χ3v) is 5.06. The summed E-state index contributed by atoms with van der Waals surface area (Å²) < 4.78 is 0. The number of nitrogens with zero attached hydrogens (tertiary/aromatic N) is 2. The molecule has 28 heavy (non-hydrogen) atoms. The number of hydrogen-bond donors (Lipinski definition) is 1. The molecule has 1 saturated heterocycles. The van der Waals surface area contributed by atoms with E-state index >= 15 is 0 Å². The number of rotatable bonds is 5. The molecule has 0 radical (unpaired) electrons. The summed E-state index contributed by atoms with van der Waals surface area (Å²) in [5.74, 6) is -1.45. The molecule has 1 fully saturated rings. The van der Waals surface area contributed by atoms with E-state index in [2.05, 4.69) is 0 Å². The van der Waals surface area contributed by atoms with Gasteiger partial charge in [0.2, 0.25) is 0 Å². The molecule has 0 aromatic heterocycles. The Balaban J connectivity index is 2.14. The molecule has 1 unspecified atom stereocenters. The van der Waals surface area contributed by atoms with Gasteiger partial charge in [-0.15, -0.1) is 0 Å². The molecule has 5 nitrogen and oxygen atoms in total. The first-order chi connectivity index (χ1) is 13.3. The highest BCUT2D eigenvalue weighted by Crippen LogP contribution is 2.39. The summed E-state index contributed by atoms with van der Waals surface area (Å²) in [5, 5.41) is 11.4. The highest BCUT2D eigenvalue weighted by atomic mass is 35.5. The van der Waals surface area contributed by atoms with Gasteiger partial charge < -0.3 is 14.9 Å². The minimum atomic E-state index is -0.669. The van der Waals surface area contributed by atoms with Crippen LogP contribution in [0.1, 0.15) is 22.7 Å². The van der Waals surface area contributed by atoms with Gasteiger partial charge in [0.05, 0.1) is 11.6 Å². The fourth-order valence-electron chi connectivity index (χ4n) is 3.37. The van der Waals surface area contributed by atoms with Crippen LogP contribution in [0, 0.1) is 6.92 Å². The second kappa shape index (κ2) is 8.17. The van der Waals surface area contributed by atoms with Crippen LogP contribution < -0.4 is 0 Å². The number of carbonyl (C=O) groups is 2. The molecule has 1 amide bonds. The van der Waals surface area contributed by atoms with E-state index in [0.29, 0.717) is 23.7 Å². The van der Waals surface area contributed by atoms with Crippen LogP contribution in [0.25, 0.3) is 5.76 Å². The Labute approximate surface area is 169 Å². The molecule has 0 bridgehead atoms. The van der Waals surface area contributed by atoms with E-state index in [0.717, 1.165) is 11.1 Å². The lowest BCUT2D eigenvalue weighted by Crippen LogP contribution is -2.35. The normalized spacial score (nSPS) is 18.9. The smallest absolute Gasteiger partial charge is 0.295 e. The maximum atomic E-state index is 12.9. The summed E-state index contributed by atoms with van der Waals surface area (Å²) in [6, 6.07) is 13.6. The van der Waals surface area contributed by atoms with Crippen molar-refractivity contribution in [3.8, 4) is 0 Å². The zero-order valence-electron chi connectivity index (χ0n) is 16.1. The average Bonchev–Trinajstić information content (AvgIpc) is 2.91. The first-order valence-electron chi connectivity index (χ1n) is 9.05. The molecule has 146 valence electrons. The summed E-state index contributed by atoms with van der Waals surface area (Å²) in [7, 11) is 3.82. The molecule has 0 aliphatic carbocycles. The molecule has 0 spiro atoms. The maximum absolute atomic E-state index is 12.9. The predicted octanol–water partition coefficient (Wildman–Crippen LogP) is 3.63. The van der Waals surface area contributed by atoms with Crippen LogP contribution in [0.5, 0.6) is 0 Å². The van der Waals surface area contributed by atoms with E-state index < -0.39 is 17.7 Å². The number of amides is 1. The zero-order chi connectivity index (χ0) is 20.4. The molecule has 0 saturated carbocycles. The summed E-state index contributed by atoms with van der Waals surface area (Å²) in [6.45, 7) is 2.94. The second-order valence-electron chi connectivity index (χ2n) is 7.22. The number of likely N-dealkylation sites (tertiary alicyclic amines) is 1. The predicted molar refractivity (Wildman–Crippen MR) is 110 cm³/mol. The fourth-order valence-corrected chi connectivity index (χ4v) is 3.49. The number of ketones is 1. The zero-order valence-corrected chi connectivity index (χ0v) is 16.9. The van der Waals surface area contributed by atoms with Gasteiger partial charge >= 0.3 is 0 Å². The van der Waals surface area contributed by atoms with E-state index in [1.54, 1.807) is 29.2 Å². The van der Waals surface area contributed by atoms with E-state index in [9.17, 15) is 14.7 Å². The topological polar surface area (TPSA) is 60.9 Å². The standard InChI is InChI=1S/C22H23ClN2O3/c1-14-5-4-6-16(13-14)19-18(20(26)15-7-9-17(23)10-8-15)21(27)22(28)25(19)12-11-24(2)3/h4-10,13,19,26H,11-12H2,1-3H3/b20-18-. The molecule has 6 heteroatoms. The van der Waals surface area contributed by atoms with Gasteiger partial charge in [-0.05, 0) is 50.8 Å². The third-order valence-electron chi connectivity index (χ3n) is 4.80. The number of aliphatic hydroxyl groups is 1. The van der Waals surface area contributed by atoms with Crippen molar-refractivity contribution in [3.63, 3.8) is 0 Å². The lowest BCUT2D eigenvalue weighted by atomic mass is 9.94. The second-order valence-corrected chi connectivity index (χ2v) is 7.65. The summed E-state index contributed by atoms with van der Waals surface area (Å²) in [6.07, 6.45) is 0. The monoisotopic (exact) mass is 398 g/mol. The Morgan fingerprint density at radius 1 is 1.14 bits per heavy atom. The van der Waals surface area contributed by atoms with Crippen molar-refractivity contribution < 1.29 is 14.7 Å². The molecule has 1 atom stereocenters. The largest absolute Gasteiger partial charge is 0.507 e. The van der Waals surface area contributed by atoms with Gasteiger partial charge in [0.1, 0.15) is 5.76 Å². The first-order valence-corrected chi connectivity index (χ1v) is 9.43. The van der Waals surface area contributed by atoms with Crippen molar-refractivity contribution >= 4 is 29.1 Å². The number of aryl methyl sites for hydroxylation is 1. The van der Waals surface area contributed by atoms with Gasteiger partial charge in [0, 0.05) is 23.7 Å². The fraction of sp³-hybridized carbons (Fsp3) is 0.273. The van der Waals surface area contributed by atoms with Gasteiger partial charge in [-0.1, -0.05) is 41.4 Å². The van der Waals surface area contributed by atoms with Gasteiger partial charge in [0.15, 0.2) is 0 Å². The Kier molecular flexibility index (Phi) is 5.87. The van der Waals surface area contributed by atoms with Crippen LogP contribution in [-0.2, 0) is 9.59 Å². The van der Waals surface area contributed by atoms with Crippen LogP contribution in [0.3, 0.4) is 0 Å². The lowest BCUT2D eigenvalue weighted by molar-refractivity contribution is -0.140. The number of benzene rings is 2. The van der Waals surface area contributed by atoms with Crippen LogP contribution in [0.15, 0.2) is 54.1 Å². The summed E-state index contributed by atoms with van der Waals surface area (Å²) >= 11 is 5.93. The molecule has 1 aliphatic heterocycles. The van der Waals surface area contributed by atoms with E-state index in [4.69, 9.17) is 11.6 Å². The Hall–Kier alpha value is -2.63. The van der Waals surface area contributed by atoms with Crippen molar-refractivity contribution in [2.45, 2.75) is 13.0 Å². The quantitative estimate of drug-likeness (QED) is 0.474. The first kappa shape index (κ1) is 20.1. The molecule has 2 aromatic carbocycles. The third kappa shape index (κ3) is 3.96. The van der Waals surface area contributed by atoms with Crippen molar-refractivity contribution in [1.29, 1.82) is 0 Å². The van der Waals surface area contributed by atoms with Gasteiger partial charge in [0.25, 0.3) is 11.7 Å². The van der Waals surface area contributed by atoms with E-state index in [1.165, 1.54) is 0 Å². The SMILES string of the molecule is Cc1cccc(C2/C(=C(/O)c3ccc(Cl)cc3)C(=O)C(=O)N2CCN(C)C)c1. The molecule has 2 aromatic rings. The van der Waals surface area contributed by atoms with Crippen molar-refractivity contribution in [3.05, 3.63) is 75.8 Å². The molecular formula is C22H23ClN2O3. The van der Waals surface area contributed by atoms with Crippen LogP contribution in [0.2, 0.25) is 5.02 Å². The number of likely N-dealkylation sites (N-methyl/N-ethyl adjacent to an activating group) is 1. The molecule has 1 N–H and O–H groups in total. The average molecular weight is 399 g/mol. The Morgan fingerprint density at radius 2 is 1.82 bits per heavy atom. The number of Topliss-reactive ketones (excluding diaryl/α,β-unsaturated/α-hetero) is 1. The number of aliphatic hydroxyl groups excluding tert-OH is 1. The van der Waals surface area contributed by atoms with Crippen LogP contribution in [-0.4, -0.2) is 53.8 Å². The van der Waals surface area contributed by atoms with Crippen molar-refractivity contribution in [2.75, 3.05) is 27.2 Å². The van der Waals surface area contributed by atoms with E-state index in [-0.39, 0.29) is 11.3 Å². The van der Waals surface area contributed by atoms with Gasteiger partial charge in [-0.25, -0.2) is 0 Å². The Morgan fingerprint density at radius 3 is 2.43 bits per heavy atom. The highest BCUT2D eigenvalue weighted by molar-refractivity contribution is 6.46. The van der Waals surface area contributed by atoms with Gasteiger partial charge in [-0.2, -0.15) is 0 Å². The Bertz CT molecular complexity index is 935. The van der Waals surface area contributed by atoms with Crippen molar-refractivity contribution in [1.82, 2.24) is 9.80 Å². The molecule has 3 rings (SSSR count). The highest BCUT2D eigenvalue weighted by Gasteiger charge is 2.45. The van der Waals surface area contributed by atoms with E-state index in [1.807, 2.05) is 50.2 Å². The number of hydrogen-bond acceptors (Lipinski definition) is 4. The number of carbonyl (C=O) groups excluding carboxylic acids is 2. The molecular weight excluding hydrogens is 376 g/mol. The minimum absolute atomic E-state index is 0.108. The molecule has 1 aliphatic rings. The van der Waals surface area contributed by atoms with Gasteiger partial charge in [-0.3, -0.25) is 9.59 Å². The number of halogens is 1. The lowest BCUT2D eigenvalue weighted by Gasteiger charge is -2.26. The van der Waals surface area contributed by atoms with Crippen LogP contribution in [0.4, 0.5) is 0 Å².